The second-order valence-electron chi connectivity index (χ2n) is 4.99. The molecular weight excluding hydrogens is 284 g/mol. The van der Waals surface area contributed by atoms with Gasteiger partial charge in [0.2, 0.25) is 5.88 Å². The highest BCUT2D eigenvalue weighted by Gasteiger charge is 2.14. The Morgan fingerprint density at radius 3 is 2.71 bits per heavy atom. The number of nitrogens with one attached hydrogen (secondary N) is 1. The molecule has 0 fully saturated rings. The predicted molar refractivity (Wildman–Crippen MR) is 88.1 cm³/mol. The molecule has 0 aliphatic rings. The molecule has 114 valence electrons. The number of nitrogen functional groups attached to an aromatic ring is 1. The SMILES string of the molecule is CCCOc1nc(NC(C)c2sc(C)nc2C)ccc1N. The summed E-state index contributed by atoms with van der Waals surface area (Å²) in [5, 5.41) is 4.46. The Hall–Kier alpha value is -1.82. The number of hydrogen-bond donors (Lipinski definition) is 2. The van der Waals surface area contributed by atoms with Crippen LogP contribution in [-0.2, 0) is 0 Å². The van der Waals surface area contributed by atoms with Gasteiger partial charge in [0, 0.05) is 4.88 Å². The second kappa shape index (κ2) is 6.76. The van der Waals surface area contributed by atoms with Gasteiger partial charge in [-0.1, -0.05) is 6.92 Å². The van der Waals surface area contributed by atoms with Gasteiger partial charge in [0.05, 0.1) is 29.0 Å². The van der Waals surface area contributed by atoms with E-state index in [1.54, 1.807) is 11.3 Å². The third-order valence-corrected chi connectivity index (χ3v) is 4.29. The van der Waals surface area contributed by atoms with Crippen LogP contribution in [0.2, 0.25) is 0 Å². The molecule has 0 aliphatic heterocycles. The smallest absolute Gasteiger partial charge is 0.239 e. The molecule has 0 aliphatic carbocycles. The third kappa shape index (κ3) is 3.85. The standard InChI is InChI=1S/C15H22N4OS/c1-5-8-20-15-12(16)6-7-13(19-15)18-10(3)14-9(2)17-11(4)21-14/h6-7,10H,5,8,16H2,1-4H3,(H,18,19). The Balaban J connectivity index is 2.13. The lowest BCUT2D eigenvalue weighted by atomic mass is 10.2. The Bertz CT molecular complexity index is 612. The maximum absolute atomic E-state index is 5.88. The number of rotatable bonds is 6. The fourth-order valence-corrected chi connectivity index (χ4v) is 3.01. The van der Waals surface area contributed by atoms with Crippen molar-refractivity contribution in [2.24, 2.45) is 0 Å². The van der Waals surface area contributed by atoms with Crippen molar-refractivity contribution < 1.29 is 4.74 Å². The van der Waals surface area contributed by atoms with E-state index < -0.39 is 0 Å². The first kappa shape index (κ1) is 15.6. The highest BCUT2D eigenvalue weighted by atomic mass is 32.1. The van der Waals surface area contributed by atoms with Crippen molar-refractivity contribution in [2.75, 3.05) is 17.7 Å². The Morgan fingerprint density at radius 1 is 1.33 bits per heavy atom. The van der Waals surface area contributed by atoms with Crippen LogP contribution in [0.4, 0.5) is 11.5 Å². The summed E-state index contributed by atoms with van der Waals surface area (Å²) in [5.74, 6) is 1.25. The number of ether oxygens (including phenoxy) is 1. The van der Waals surface area contributed by atoms with Gasteiger partial charge in [0.15, 0.2) is 0 Å². The van der Waals surface area contributed by atoms with Gasteiger partial charge in [-0.15, -0.1) is 11.3 Å². The first-order valence-corrected chi connectivity index (χ1v) is 7.92. The van der Waals surface area contributed by atoms with Gasteiger partial charge in [-0.2, -0.15) is 4.98 Å². The largest absolute Gasteiger partial charge is 0.476 e. The van der Waals surface area contributed by atoms with Crippen LogP contribution in [0, 0.1) is 13.8 Å². The summed E-state index contributed by atoms with van der Waals surface area (Å²) in [5.41, 5.74) is 7.50. The molecule has 21 heavy (non-hydrogen) atoms. The topological polar surface area (TPSA) is 73.1 Å². The highest BCUT2D eigenvalue weighted by molar-refractivity contribution is 7.11. The third-order valence-electron chi connectivity index (χ3n) is 3.03. The molecule has 2 heterocycles. The summed E-state index contributed by atoms with van der Waals surface area (Å²) >= 11 is 1.71. The van der Waals surface area contributed by atoms with E-state index in [4.69, 9.17) is 10.5 Å². The number of anilines is 2. The Kier molecular flexibility index (Phi) is 5.01. The molecule has 1 atom stereocenters. The predicted octanol–water partition coefficient (Wildman–Crippen LogP) is 3.70. The summed E-state index contributed by atoms with van der Waals surface area (Å²) < 4.78 is 5.56. The average molecular weight is 306 g/mol. The zero-order valence-corrected chi connectivity index (χ0v) is 13.8. The van der Waals surface area contributed by atoms with Crippen molar-refractivity contribution in [3.63, 3.8) is 0 Å². The van der Waals surface area contributed by atoms with Gasteiger partial charge in [0.1, 0.15) is 5.82 Å². The Labute approximate surface area is 129 Å². The van der Waals surface area contributed by atoms with Gasteiger partial charge in [0.25, 0.3) is 0 Å². The van der Waals surface area contributed by atoms with E-state index in [9.17, 15) is 0 Å². The van der Waals surface area contributed by atoms with E-state index in [-0.39, 0.29) is 6.04 Å². The molecule has 6 heteroatoms. The molecule has 0 aromatic carbocycles. The minimum absolute atomic E-state index is 0.145. The lowest BCUT2D eigenvalue weighted by Crippen LogP contribution is -2.09. The van der Waals surface area contributed by atoms with Crippen molar-refractivity contribution in [1.29, 1.82) is 0 Å². The van der Waals surface area contributed by atoms with E-state index in [0.717, 1.165) is 22.9 Å². The number of aryl methyl sites for hydroxylation is 2. The van der Waals surface area contributed by atoms with E-state index >= 15 is 0 Å². The molecule has 3 N–H and O–H groups in total. The summed E-state index contributed by atoms with van der Waals surface area (Å²) in [4.78, 5) is 10.1. The minimum Gasteiger partial charge on any atom is -0.476 e. The zero-order chi connectivity index (χ0) is 15.4. The number of hydrogen-bond acceptors (Lipinski definition) is 6. The number of aromatic nitrogens is 2. The van der Waals surface area contributed by atoms with Crippen LogP contribution in [0.3, 0.4) is 0 Å². The number of pyridine rings is 1. The first-order valence-electron chi connectivity index (χ1n) is 7.11. The molecule has 1 unspecified atom stereocenters. The van der Waals surface area contributed by atoms with E-state index in [0.29, 0.717) is 18.2 Å². The van der Waals surface area contributed by atoms with Crippen molar-refractivity contribution in [2.45, 2.75) is 40.2 Å². The lowest BCUT2D eigenvalue weighted by molar-refractivity contribution is 0.307. The van der Waals surface area contributed by atoms with Gasteiger partial charge in [-0.3, -0.25) is 0 Å². The lowest BCUT2D eigenvalue weighted by Gasteiger charge is -2.15. The van der Waals surface area contributed by atoms with Crippen LogP contribution >= 0.6 is 11.3 Å². The van der Waals surface area contributed by atoms with Crippen molar-refractivity contribution >= 4 is 22.8 Å². The van der Waals surface area contributed by atoms with Crippen LogP contribution in [0.25, 0.3) is 0 Å². The van der Waals surface area contributed by atoms with Crippen LogP contribution in [-0.4, -0.2) is 16.6 Å². The van der Waals surface area contributed by atoms with E-state index in [2.05, 4.69) is 29.1 Å². The fourth-order valence-electron chi connectivity index (χ4n) is 2.08. The average Bonchev–Trinajstić information content (AvgIpc) is 2.78. The van der Waals surface area contributed by atoms with Crippen LogP contribution in [0.1, 0.15) is 41.9 Å². The molecular formula is C15H22N4OS. The fraction of sp³-hybridized carbons (Fsp3) is 0.467. The van der Waals surface area contributed by atoms with E-state index in [1.807, 2.05) is 26.0 Å². The molecule has 2 rings (SSSR count). The number of thiazole rings is 1. The Morgan fingerprint density at radius 2 is 2.10 bits per heavy atom. The quantitative estimate of drug-likeness (QED) is 0.851. The first-order chi connectivity index (χ1) is 10.0. The van der Waals surface area contributed by atoms with Gasteiger partial charge >= 0.3 is 0 Å². The maximum Gasteiger partial charge on any atom is 0.239 e. The maximum atomic E-state index is 5.88. The monoisotopic (exact) mass is 306 g/mol. The number of nitrogens with zero attached hydrogens (tertiary/aromatic N) is 2. The summed E-state index contributed by atoms with van der Waals surface area (Å²) in [6.07, 6.45) is 0.925. The molecule has 0 bridgehead atoms. The zero-order valence-electron chi connectivity index (χ0n) is 12.9. The molecule has 2 aromatic rings. The van der Waals surface area contributed by atoms with Crippen LogP contribution in [0.5, 0.6) is 5.88 Å². The number of nitrogens with two attached hydrogens (primary N) is 1. The van der Waals surface area contributed by atoms with Gasteiger partial charge in [-0.25, -0.2) is 4.98 Å². The van der Waals surface area contributed by atoms with Crippen molar-refractivity contribution in [3.05, 3.63) is 27.7 Å². The van der Waals surface area contributed by atoms with Crippen LogP contribution < -0.4 is 15.8 Å². The normalized spacial score (nSPS) is 12.2. The molecule has 0 saturated heterocycles. The van der Waals surface area contributed by atoms with Gasteiger partial charge in [-0.05, 0) is 39.3 Å². The molecule has 0 amide bonds. The summed E-state index contributed by atoms with van der Waals surface area (Å²) in [6.45, 7) is 8.82. The second-order valence-corrected chi connectivity index (χ2v) is 6.22. The van der Waals surface area contributed by atoms with E-state index in [1.165, 1.54) is 4.88 Å². The molecule has 0 radical (unpaired) electrons. The van der Waals surface area contributed by atoms with Crippen molar-refractivity contribution in [3.8, 4) is 5.88 Å². The molecule has 2 aromatic heterocycles. The summed E-state index contributed by atoms with van der Waals surface area (Å²) in [6, 6.07) is 3.83. The summed E-state index contributed by atoms with van der Waals surface area (Å²) in [7, 11) is 0. The van der Waals surface area contributed by atoms with Gasteiger partial charge < -0.3 is 15.8 Å². The highest BCUT2D eigenvalue weighted by Crippen LogP contribution is 2.28. The molecule has 5 nitrogen and oxygen atoms in total. The molecule has 0 spiro atoms. The minimum atomic E-state index is 0.145. The van der Waals surface area contributed by atoms with Crippen molar-refractivity contribution in [1.82, 2.24) is 9.97 Å². The van der Waals surface area contributed by atoms with Crippen LogP contribution in [0.15, 0.2) is 12.1 Å². The molecule has 0 saturated carbocycles.